The van der Waals surface area contributed by atoms with Crippen molar-refractivity contribution in [1.82, 2.24) is 14.5 Å². The zero-order chi connectivity index (χ0) is 24.4. The van der Waals surface area contributed by atoms with E-state index in [-0.39, 0.29) is 17.9 Å². The van der Waals surface area contributed by atoms with Crippen molar-refractivity contribution in [2.75, 3.05) is 13.2 Å². The van der Waals surface area contributed by atoms with Crippen molar-refractivity contribution in [3.8, 4) is 5.75 Å². The molecule has 0 bridgehead atoms. The second-order valence-corrected chi connectivity index (χ2v) is 9.66. The Labute approximate surface area is 211 Å². The van der Waals surface area contributed by atoms with Crippen LogP contribution in [0.3, 0.4) is 0 Å². The molecule has 0 radical (unpaired) electrons. The van der Waals surface area contributed by atoms with Crippen LogP contribution in [0.4, 0.5) is 0 Å². The van der Waals surface area contributed by atoms with Crippen molar-refractivity contribution in [2.45, 2.75) is 45.2 Å². The van der Waals surface area contributed by atoms with Gasteiger partial charge < -0.3 is 14.2 Å². The lowest BCUT2D eigenvalue weighted by atomic mass is 10.1. The molecule has 1 amide bonds. The Morgan fingerprint density at radius 1 is 1.09 bits per heavy atom. The summed E-state index contributed by atoms with van der Waals surface area (Å²) in [5.41, 5.74) is 4.24. The Bertz CT molecular complexity index is 1330. The van der Waals surface area contributed by atoms with Gasteiger partial charge in [-0.05, 0) is 61.7 Å². The molecule has 0 aliphatic carbocycles. The first-order valence-electron chi connectivity index (χ1n) is 12.2. The van der Waals surface area contributed by atoms with Gasteiger partial charge in [0, 0.05) is 30.5 Å². The van der Waals surface area contributed by atoms with Crippen LogP contribution in [0.5, 0.6) is 5.75 Å². The number of hydrogen-bond donors (Lipinski definition) is 0. The van der Waals surface area contributed by atoms with Crippen molar-refractivity contribution >= 4 is 28.5 Å². The van der Waals surface area contributed by atoms with Gasteiger partial charge in [0.15, 0.2) is 0 Å². The molecule has 1 fully saturated rings. The molecule has 4 aromatic rings. The van der Waals surface area contributed by atoms with Crippen LogP contribution in [0, 0.1) is 6.92 Å². The fourth-order valence-corrected chi connectivity index (χ4v) is 5.07. The summed E-state index contributed by atoms with van der Waals surface area (Å²) in [7, 11) is 0. The molecule has 0 spiro atoms. The van der Waals surface area contributed by atoms with Crippen molar-refractivity contribution in [3.05, 3.63) is 94.8 Å². The standard InChI is InChI=1S/C29H30ClN3O2/c1-20-17-24(13-14-25(20)30)35-16-8-15-32-27-12-7-6-11-26(27)31-29(32)23-18-28(34)33(19-23)21(2)22-9-4-3-5-10-22/h3-7,9-14,17,21,23H,8,15-16,18-19H2,1-2H3. The van der Waals surface area contributed by atoms with Crippen molar-refractivity contribution in [2.24, 2.45) is 0 Å². The highest BCUT2D eigenvalue weighted by molar-refractivity contribution is 6.31. The van der Waals surface area contributed by atoms with E-state index in [1.807, 2.05) is 66.4 Å². The van der Waals surface area contributed by atoms with Gasteiger partial charge in [-0.1, -0.05) is 54.1 Å². The minimum Gasteiger partial charge on any atom is -0.494 e. The molecule has 0 N–H and O–H groups in total. The van der Waals surface area contributed by atoms with Gasteiger partial charge in [0.2, 0.25) is 5.91 Å². The molecule has 1 saturated heterocycles. The zero-order valence-corrected chi connectivity index (χ0v) is 20.9. The largest absolute Gasteiger partial charge is 0.494 e. The quantitative estimate of drug-likeness (QED) is 0.265. The summed E-state index contributed by atoms with van der Waals surface area (Å²) in [6.45, 7) is 6.13. The lowest BCUT2D eigenvalue weighted by Crippen LogP contribution is -2.28. The molecule has 2 unspecified atom stereocenters. The molecule has 2 atom stereocenters. The number of fused-ring (bicyclic) bond motifs is 1. The Morgan fingerprint density at radius 2 is 1.86 bits per heavy atom. The third kappa shape index (κ3) is 4.92. The second kappa shape index (κ2) is 10.1. The average Bonchev–Trinajstić information content (AvgIpc) is 3.44. The molecular weight excluding hydrogens is 458 g/mol. The number of hydrogen-bond acceptors (Lipinski definition) is 3. The summed E-state index contributed by atoms with van der Waals surface area (Å²) >= 11 is 6.13. The first kappa shape index (κ1) is 23.4. The number of aromatic nitrogens is 2. The fourth-order valence-electron chi connectivity index (χ4n) is 4.95. The van der Waals surface area contributed by atoms with Crippen molar-refractivity contribution < 1.29 is 9.53 Å². The van der Waals surface area contributed by atoms with Crippen molar-refractivity contribution in [1.29, 1.82) is 0 Å². The van der Waals surface area contributed by atoms with E-state index in [9.17, 15) is 4.79 Å². The maximum absolute atomic E-state index is 13.0. The molecule has 5 nitrogen and oxygen atoms in total. The number of amides is 1. The number of nitrogens with zero attached hydrogens (tertiary/aromatic N) is 3. The first-order chi connectivity index (χ1) is 17.0. The highest BCUT2D eigenvalue weighted by atomic mass is 35.5. The Morgan fingerprint density at radius 3 is 2.66 bits per heavy atom. The fraction of sp³-hybridized carbons (Fsp3) is 0.310. The molecule has 1 aliphatic heterocycles. The lowest BCUT2D eigenvalue weighted by Gasteiger charge is -2.25. The van der Waals surface area contributed by atoms with Crippen LogP contribution in [0.1, 0.15) is 48.7 Å². The van der Waals surface area contributed by atoms with Crippen LogP contribution in [0.15, 0.2) is 72.8 Å². The van der Waals surface area contributed by atoms with Gasteiger partial charge in [-0.3, -0.25) is 4.79 Å². The van der Waals surface area contributed by atoms with E-state index in [0.29, 0.717) is 19.6 Å². The molecule has 6 heteroatoms. The van der Waals surface area contributed by atoms with Gasteiger partial charge in [-0.25, -0.2) is 4.98 Å². The van der Waals surface area contributed by atoms with Gasteiger partial charge in [0.1, 0.15) is 11.6 Å². The normalized spacial score (nSPS) is 16.7. The maximum atomic E-state index is 13.0. The third-order valence-electron chi connectivity index (χ3n) is 6.88. The Hall–Kier alpha value is -3.31. The highest BCUT2D eigenvalue weighted by Crippen LogP contribution is 2.35. The monoisotopic (exact) mass is 487 g/mol. The molecule has 0 saturated carbocycles. The van der Waals surface area contributed by atoms with Gasteiger partial charge in [0.05, 0.1) is 23.7 Å². The predicted octanol–water partition coefficient (Wildman–Crippen LogP) is 6.54. The van der Waals surface area contributed by atoms with Gasteiger partial charge >= 0.3 is 0 Å². The SMILES string of the molecule is Cc1cc(OCCCn2c(C3CC(=O)N(C(C)c4ccccc4)C3)nc3ccccc32)ccc1Cl. The number of aryl methyl sites for hydroxylation is 2. The van der Waals surface area contributed by atoms with Gasteiger partial charge in [-0.15, -0.1) is 0 Å². The number of carbonyl (C=O) groups is 1. The molecule has 1 aromatic heterocycles. The molecule has 5 rings (SSSR count). The molecule has 2 heterocycles. The summed E-state index contributed by atoms with van der Waals surface area (Å²) in [4.78, 5) is 20.0. The summed E-state index contributed by atoms with van der Waals surface area (Å²) in [5.74, 6) is 2.08. The summed E-state index contributed by atoms with van der Waals surface area (Å²) < 4.78 is 8.26. The summed E-state index contributed by atoms with van der Waals surface area (Å²) in [5, 5.41) is 0.744. The summed E-state index contributed by atoms with van der Waals surface area (Å²) in [6, 6.07) is 24.2. The number of ether oxygens (including phenoxy) is 1. The van der Waals surface area contributed by atoms with E-state index in [2.05, 4.69) is 29.7 Å². The molecule has 35 heavy (non-hydrogen) atoms. The minimum atomic E-state index is 0.0442. The number of carbonyl (C=O) groups excluding carboxylic acids is 1. The van der Waals surface area contributed by atoms with E-state index in [1.54, 1.807) is 0 Å². The zero-order valence-electron chi connectivity index (χ0n) is 20.2. The molecule has 3 aromatic carbocycles. The Kier molecular flexibility index (Phi) is 6.78. The van der Waals surface area contributed by atoms with Crippen LogP contribution in [-0.2, 0) is 11.3 Å². The summed E-state index contributed by atoms with van der Waals surface area (Å²) in [6.07, 6.45) is 1.32. The molecular formula is C29H30ClN3O2. The highest BCUT2D eigenvalue weighted by Gasteiger charge is 2.36. The van der Waals surface area contributed by atoms with E-state index < -0.39 is 0 Å². The average molecular weight is 488 g/mol. The van der Waals surface area contributed by atoms with Crippen LogP contribution >= 0.6 is 11.6 Å². The van der Waals surface area contributed by atoms with Crippen LogP contribution in [0.25, 0.3) is 11.0 Å². The van der Waals surface area contributed by atoms with Crippen LogP contribution < -0.4 is 4.74 Å². The predicted molar refractivity (Wildman–Crippen MR) is 140 cm³/mol. The van der Waals surface area contributed by atoms with Gasteiger partial charge in [0.25, 0.3) is 0 Å². The first-order valence-corrected chi connectivity index (χ1v) is 12.6. The van der Waals surface area contributed by atoms with Crippen molar-refractivity contribution in [3.63, 3.8) is 0 Å². The maximum Gasteiger partial charge on any atom is 0.223 e. The molecule has 180 valence electrons. The topological polar surface area (TPSA) is 47.4 Å². The second-order valence-electron chi connectivity index (χ2n) is 9.26. The van der Waals surface area contributed by atoms with E-state index >= 15 is 0 Å². The van der Waals surface area contributed by atoms with E-state index in [1.165, 1.54) is 0 Å². The van der Waals surface area contributed by atoms with Crippen LogP contribution in [0.2, 0.25) is 5.02 Å². The van der Waals surface area contributed by atoms with E-state index in [0.717, 1.165) is 51.7 Å². The number of likely N-dealkylation sites (tertiary alicyclic amines) is 1. The lowest BCUT2D eigenvalue weighted by molar-refractivity contribution is -0.129. The van der Waals surface area contributed by atoms with Gasteiger partial charge in [-0.2, -0.15) is 0 Å². The van der Waals surface area contributed by atoms with E-state index in [4.69, 9.17) is 21.3 Å². The number of para-hydroxylation sites is 2. The third-order valence-corrected chi connectivity index (χ3v) is 7.31. The number of imidazole rings is 1. The smallest absolute Gasteiger partial charge is 0.223 e. The Balaban J connectivity index is 1.32. The number of benzene rings is 3. The minimum absolute atomic E-state index is 0.0442. The molecule has 1 aliphatic rings. The van der Waals surface area contributed by atoms with Crippen LogP contribution in [-0.4, -0.2) is 33.5 Å². The number of halogens is 1. The number of rotatable bonds is 8.